The molecule has 6 heteroatoms. The van der Waals surface area contributed by atoms with E-state index in [9.17, 15) is 4.79 Å². The van der Waals surface area contributed by atoms with Crippen molar-refractivity contribution in [1.29, 1.82) is 0 Å². The van der Waals surface area contributed by atoms with Crippen LogP contribution in [0.3, 0.4) is 0 Å². The maximum Gasteiger partial charge on any atom is 0.226 e. The molecule has 1 N–H and O–H groups in total. The van der Waals surface area contributed by atoms with Crippen molar-refractivity contribution in [1.82, 2.24) is 20.4 Å². The SMILES string of the molecule is CCN(CC)Cc1ccc(CNC(=O)CCCc2nc(C(C)(C)C)no2)cc1. The van der Waals surface area contributed by atoms with E-state index in [4.69, 9.17) is 4.52 Å². The van der Waals surface area contributed by atoms with Crippen LogP contribution in [0.15, 0.2) is 28.8 Å². The van der Waals surface area contributed by atoms with Crippen molar-refractivity contribution < 1.29 is 9.32 Å². The van der Waals surface area contributed by atoms with Crippen LogP contribution < -0.4 is 5.32 Å². The first-order valence-corrected chi connectivity index (χ1v) is 10.2. The summed E-state index contributed by atoms with van der Waals surface area (Å²) in [7, 11) is 0. The Balaban J connectivity index is 1.70. The zero-order valence-corrected chi connectivity index (χ0v) is 17.9. The summed E-state index contributed by atoms with van der Waals surface area (Å²) in [6, 6.07) is 8.46. The Bertz CT molecular complexity index is 728. The molecule has 0 radical (unpaired) electrons. The molecule has 0 spiro atoms. The Labute approximate surface area is 168 Å². The molecule has 6 nitrogen and oxygen atoms in total. The first-order chi connectivity index (χ1) is 13.3. The molecule has 0 unspecified atom stereocenters. The Morgan fingerprint density at radius 2 is 1.75 bits per heavy atom. The zero-order chi connectivity index (χ0) is 20.6. The van der Waals surface area contributed by atoms with Crippen molar-refractivity contribution in [3.63, 3.8) is 0 Å². The van der Waals surface area contributed by atoms with Crippen molar-refractivity contribution in [3.8, 4) is 0 Å². The molecular formula is C22H34N4O2. The third-order valence-corrected chi connectivity index (χ3v) is 4.75. The molecule has 28 heavy (non-hydrogen) atoms. The maximum atomic E-state index is 12.1. The number of rotatable bonds is 10. The summed E-state index contributed by atoms with van der Waals surface area (Å²) < 4.78 is 5.26. The molecule has 0 bridgehead atoms. The van der Waals surface area contributed by atoms with Gasteiger partial charge in [0.1, 0.15) is 0 Å². The second kappa shape index (κ2) is 10.4. The van der Waals surface area contributed by atoms with Crippen LogP contribution in [0.25, 0.3) is 0 Å². The highest BCUT2D eigenvalue weighted by Gasteiger charge is 2.20. The fourth-order valence-corrected chi connectivity index (χ4v) is 2.82. The van der Waals surface area contributed by atoms with E-state index >= 15 is 0 Å². The van der Waals surface area contributed by atoms with Gasteiger partial charge in [-0.1, -0.05) is 64.0 Å². The summed E-state index contributed by atoms with van der Waals surface area (Å²) in [4.78, 5) is 18.9. The molecule has 2 rings (SSSR count). The molecule has 0 aliphatic rings. The lowest BCUT2D eigenvalue weighted by atomic mass is 9.96. The number of nitrogens with zero attached hydrogens (tertiary/aromatic N) is 3. The van der Waals surface area contributed by atoms with Crippen LogP contribution >= 0.6 is 0 Å². The van der Waals surface area contributed by atoms with Crippen LogP contribution in [-0.2, 0) is 29.7 Å². The number of hydrogen-bond donors (Lipinski definition) is 1. The topological polar surface area (TPSA) is 71.3 Å². The normalized spacial score (nSPS) is 11.8. The average molecular weight is 387 g/mol. The van der Waals surface area contributed by atoms with Crippen molar-refractivity contribution in [3.05, 3.63) is 47.1 Å². The molecular weight excluding hydrogens is 352 g/mol. The number of nitrogens with one attached hydrogen (secondary N) is 1. The van der Waals surface area contributed by atoms with Gasteiger partial charge in [0.25, 0.3) is 0 Å². The number of hydrogen-bond acceptors (Lipinski definition) is 5. The van der Waals surface area contributed by atoms with Gasteiger partial charge in [-0.3, -0.25) is 9.69 Å². The van der Waals surface area contributed by atoms with Crippen molar-refractivity contribution >= 4 is 5.91 Å². The fraction of sp³-hybridized carbons (Fsp3) is 0.591. The van der Waals surface area contributed by atoms with Crippen LogP contribution in [0, 0.1) is 0 Å². The first kappa shape index (κ1) is 22.1. The lowest BCUT2D eigenvalue weighted by Gasteiger charge is -2.18. The minimum absolute atomic E-state index is 0.0442. The van der Waals surface area contributed by atoms with Gasteiger partial charge in [-0.2, -0.15) is 4.98 Å². The Hall–Kier alpha value is -2.21. The molecule has 0 aliphatic heterocycles. The second-order valence-electron chi connectivity index (χ2n) is 8.17. The van der Waals surface area contributed by atoms with Gasteiger partial charge in [-0.05, 0) is 30.6 Å². The number of aromatic nitrogens is 2. The molecule has 1 amide bonds. The highest BCUT2D eigenvalue weighted by atomic mass is 16.5. The Morgan fingerprint density at radius 3 is 2.32 bits per heavy atom. The number of benzene rings is 1. The lowest BCUT2D eigenvalue weighted by Crippen LogP contribution is -2.23. The summed E-state index contributed by atoms with van der Waals surface area (Å²) in [5, 5.41) is 6.99. The van der Waals surface area contributed by atoms with E-state index in [1.807, 2.05) is 20.8 Å². The summed E-state index contributed by atoms with van der Waals surface area (Å²) in [6.45, 7) is 14.1. The van der Waals surface area contributed by atoms with Crippen molar-refractivity contribution in [2.24, 2.45) is 0 Å². The summed E-state index contributed by atoms with van der Waals surface area (Å²) in [5.74, 6) is 1.35. The molecule has 1 heterocycles. The van der Waals surface area contributed by atoms with Gasteiger partial charge in [-0.25, -0.2) is 0 Å². The van der Waals surface area contributed by atoms with Crippen LogP contribution in [-0.4, -0.2) is 34.0 Å². The summed E-state index contributed by atoms with van der Waals surface area (Å²) >= 11 is 0. The molecule has 2 aromatic rings. The van der Waals surface area contributed by atoms with E-state index in [1.54, 1.807) is 0 Å². The molecule has 0 atom stereocenters. The van der Waals surface area contributed by atoms with E-state index < -0.39 is 0 Å². The average Bonchev–Trinajstić information content (AvgIpc) is 3.15. The third kappa shape index (κ3) is 7.08. The van der Waals surface area contributed by atoms with Crippen LogP contribution in [0.4, 0.5) is 0 Å². The van der Waals surface area contributed by atoms with E-state index in [0.29, 0.717) is 37.5 Å². The van der Waals surface area contributed by atoms with Gasteiger partial charge in [0, 0.05) is 31.3 Å². The number of carbonyl (C=O) groups excluding carboxylic acids is 1. The third-order valence-electron chi connectivity index (χ3n) is 4.75. The second-order valence-corrected chi connectivity index (χ2v) is 8.17. The highest BCUT2D eigenvalue weighted by Crippen LogP contribution is 2.18. The fourth-order valence-electron chi connectivity index (χ4n) is 2.82. The number of amides is 1. The largest absolute Gasteiger partial charge is 0.352 e. The van der Waals surface area contributed by atoms with Crippen molar-refractivity contribution in [2.45, 2.75) is 72.4 Å². The van der Waals surface area contributed by atoms with Crippen molar-refractivity contribution in [2.75, 3.05) is 13.1 Å². The number of aryl methyl sites for hydroxylation is 1. The zero-order valence-electron chi connectivity index (χ0n) is 17.9. The van der Waals surface area contributed by atoms with E-state index in [1.165, 1.54) is 5.56 Å². The van der Waals surface area contributed by atoms with Crippen LogP contribution in [0.1, 0.15) is 70.3 Å². The molecule has 1 aromatic carbocycles. The molecule has 0 fully saturated rings. The van der Waals surface area contributed by atoms with Crippen LogP contribution in [0.5, 0.6) is 0 Å². The van der Waals surface area contributed by atoms with Gasteiger partial charge in [0.05, 0.1) is 0 Å². The Kier molecular flexibility index (Phi) is 8.18. The molecule has 0 saturated carbocycles. The summed E-state index contributed by atoms with van der Waals surface area (Å²) in [6.07, 6.45) is 1.77. The molecule has 0 aliphatic carbocycles. The predicted octanol–water partition coefficient (Wildman–Crippen LogP) is 3.85. The predicted molar refractivity (Wildman–Crippen MR) is 111 cm³/mol. The molecule has 154 valence electrons. The minimum atomic E-state index is -0.125. The summed E-state index contributed by atoms with van der Waals surface area (Å²) in [5.41, 5.74) is 2.29. The van der Waals surface area contributed by atoms with Gasteiger partial charge in [-0.15, -0.1) is 0 Å². The van der Waals surface area contributed by atoms with Gasteiger partial charge in [0.15, 0.2) is 5.82 Å². The van der Waals surface area contributed by atoms with E-state index in [0.717, 1.165) is 25.2 Å². The standard InChI is InChI=1S/C22H34N4O2/c1-6-26(7-2)16-18-13-11-17(12-14-18)15-23-19(27)9-8-10-20-24-21(25-28-20)22(3,4)5/h11-14H,6-10,15-16H2,1-5H3,(H,23,27). The van der Waals surface area contributed by atoms with Crippen LogP contribution in [0.2, 0.25) is 0 Å². The monoisotopic (exact) mass is 386 g/mol. The van der Waals surface area contributed by atoms with Gasteiger partial charge in [0.2, 0.25) is 11.8 Å². The molecule has 0 saturated heterocycles. The first-order valence-electron chi connectivity index (χ1n) is 10.2. The van der Waals surface area contributed by atoms with Gasteiger partial charge >= 0.3 is 0 Å². The number of carbonyl (C=O) groups is 1. The molecule has 1 aromatic heterocycles. The quantitative estimate of drug-likeness (QED) is 0.671. The minimum Gasteiger partial charge on any atom is -0.352 e. The van der Waals surface area contributed by atoms with E-state index in [2.05, 4.69) is 58.5 Å². The Morgan fingerprint density at radius 1 is 1.11 bits per heavy atom. The van der Waals surface area contributed by atoms with Gasteiger partial charge < -0.3 is 9.84 Å². The highest BCUT2D eigenvalue weighted by molar-refractivity contribution is 5.75. The lowest BCUT2D eigenvalue weighted by molar-refractivity contribution is -0.121. The smallest absolute Gasteiger partial charge is 0.226 e. The maximum absolute atomic E-state index is 12.1. The van der Waals surface area contributed by atoms with E-state index in [-0.39, 0.29) is 11.3 Å².